The van der Waals surface area contributed by atoms with Crippen LogP contribution in [0.4, 0.5) is 5.82 Å². The van der Waals surface area contributed by atoms with E-state index in [0.717, 1.165) is 47.3 Å². The lowest BCUT2D eigenvalue weighted by atomic mass is 9.91. The third-order valence-corrected chi connectivity index (χ3v) is 5.71. The van der Waals surface area contributed by atoms with E-state index in [-0.39, 0.29) is 0 Å². The Labute approximate surface area is 162 Å². The smallest absolute Gasteiger partial charge is 0.128 e. The van der Waals surface area contributed by atoms with Crippen LogP contribution in [0, 0.1) is 5.92 Å². The zero-order valence-corrected chi connectivity index (χ0v) is 16.9. The van der Waals surface area contributed by atoms with Crippen molar-refractivity contribution in [2.75, 3.05) is 26.5 Å². The predicted octanol–water partition coefficient (Wildman–Crippen LogP) is 4.36. The number of pyridine rings is 1. The Bertz CT molecular complexity index is 778. The van der Waals surface area contributed by atoms with Gasteiger partial charge in [0.1, 0.15) is 17.3 Å². The number of nitrogens with zero attached hydrogens (tertiary/aromatic N) is 2. The first kappa shape index (κ1) is 19.5. The average molecular weight is 370 g/mol. The molecule has 0 spiro atoms. The number of hydrogen-bond donors (Lipinski definition) is 1. The Morgan fingerprint density at radius 1 is 1.15 bits per heavy atom. The van der Waals surface area contributed by atoms with E-state index < -0.39 is 0 Å². The molecule has 1 aliphatic heterocycles. The predicted molar refractivity (Wildman–Crippen MR) is 110 cm³/mol. The Kier molecular flexibility index (Phi) is 6.22. The van der Waals surface area contributed by atoms with E-state index >= 15 is 0 Å². The van der Waals surface area contributed by atoms with Gasteiger partial charge in [-0.25, -0.2) is 4.98 Å². The number of ether oxygens (including phenoxy) is 2. The maximum atomic E-state index is 5.86. The highest BCUT2D eigenvalue weighted by molar-refractivity contribution is 5.71. The second kappa shape index (κ2) is 8.61. The number of likely N-dealkylation sites (tertiary alicyclic amines) is 1. The van der Waals surface area contributed by atoms with Crippen molar-refractivity contribution in [1.29, 1.82) is 0 Å². The molecule has 0 saturated carbocycles. The number of hydrogen-bond acceptors (Lipinski definition) is 5. The number of nitrogens with two attached hydrogens (primary N) is 1. The van der Waals surface area contributed by atoms with Gasteiger partial charge in [0.05, 0.1) is 19.9 Å². The molecular weight excluding hydrogens is 338 g/mol. The maximum absolute atomic E-state index is 5.86. The van der Waals surface area contributed by atoms with Crippen LogP contribution in [0.3, 0.4) is 0 Å². The summed E-state index contributed by atoms with van der Waals surface area (Å²) in [7, 11) is 3.41. The molecule has 3 rings (SSSR count). The third kappa shape index (κ3) is 4.35. The molecule has 146 valence electrons. The molecule has 27 heavy (non-hydrogen) atoms. The minimum absolute atomic E-state index is 0.491. The lowest BCUT2D eigenvalue weighted by molar-refractivity contribution is 0.107. The van der Waals surface area contributed by atoms with E-state index in [1.807, 2.05) is 18.2 Å². The van der Waals surface area contributed by atoms with Crippen molar-refractivity contribution in [2.24, 2.45) is 5.92 Å². The molecule has 1 aromatic heterocycles. The topological polar surface area (TPSA) is 60.6 Å². The number of anilines is 1. The molecule has 1 saturated heterocycles. The SMILES string of the molecule is CCC1CCC(C)N(Cc2cc(OC)c(-c3cccc(N)n3)cc2OC)C1. The first-order chi connectivity index (χ1) is 13.0. The van der Waals surface area contributed by atoms with Gasteiger partial charge in [-0.05, 0) is 49.9 Å². The summed E-state index contributed by atoms with van der Waals surface area (Å²) in [6.07, 6.45) is 3.82. The second-order valence-electron chi connectivity index (χ2n) is 7.44. The van der Waals surface area contributed by atoms with E-state index in [4.69, 9.17) is 15.2 Å². The first-order valence-corrected chi connectivity index (χ1v) is 9.77. The number of methoxy groups -OCH3 is 2. The van der Waals surface area contributed by atoms with Crippen molar-refractivity contribution in [2.45, 2.75) is 45.7 Å². The van der Waals surface area contributed by atoms with Crippen molar-refractivity contribution >= 4 is 5.82 Å². The number of piperidine rings is 1. The summed E-state index contributed by atoms with van der Waals surface area (Å²) in [5.41, 5.74) is 8.69. The minimum atomic E-state index is 0.491. The quantitative estimate of drug-likeness (QED) is 0.820. The molecule has 5 heteroatoms. The van der Waals surface area contributed by atoms with Crippen LogP contribution in [0.1, 0.15) is 38.7 Å². The summed E-state index contributed by atoms with van der Waals surface area (Å²) in [5.74, 6) is 2.93. The van der Waals surface area contributed by atoms with Crippen molar-refractivity contribution in [3.05, 3.63) is 35.9 Å². The molecule has 1 aliphatic rings. The molecule has 5 nitrogen and oxygen atoms in total. The van der Waals surface area contributed by atoms with Crippen LogP contribution in [0.5, 0.6) is 11.5 Å². The zero-order valence-electron chi connectivity index (χ0n) is 16.9. The summed E-state index contributed by atoms with van der Waals surface area (Å²) in [5, 5.41) is 0. The van der Waals surface area contributed by atoms with Crippen LogP contribution in [0.2, 0.25) is 0 Å². The standard InChI is InChI=1S/C22H31N3O2/c1-5-16-10-9-15(2)25(13-16)14-17-11-21(27-4)18(12-20(17)26-3)19-7-6-8-22(23)24-19/h6-8,11-12,15-16H,5,9-10,13-14H2,1-4H3,(H2,23,24). The van der Waals surface area contributed by atoms with Gasteiger partial charge in [-0.3, -0.25) is 4.90 Å². The summed E-state index contributed by atoms with van der Waals surface area (Å²) < 4.78 is 11.4. The molecule has 0 aliphatic carbocycles. The number of nitrogen functional groups attached to an aromatic ring is 1. The summed E-state index contributed by atoms with van der Waals surface area (Å²) >= 11 is 0. The van der Waals surface area contributed by atoms with Crippen LogP contribution >= 0.6 is 0 Å². The highest BCUT2D eigenvalue weighted by atomic mass is 16.5. The Balaban J connectivity index is 1.94. The molecule has 0 radical (unpaired) electrons. The summed E-state index contributed by atoms with van der Waals surface area (Å²) in [6.45, 7) is 6.61. The fraction of sp³-hybridized carbons (Fsp3) is 0.500. The van der Waals surface area contributed by atoms with Gasteiger partial charge in [-0.2, -0.15) is 0 Å². The van der Waals surface area contributed by atoms with Crippen LogP contribution < -0.4 is 15.2 Å². The average Bonchev–Trinajstić information content (AvgIpc) is 2.69. The summed E-state index contributed by atoms with van der Waals surface area (Å²) in [6, 6.07) is 10.3. The van der Waals surface area contributed by atoms with E-state index in [0.29, 0.717) is 11.9 Å². The molecule has 2 N–H and O–H groups in total. The van der Waals surface area contributed by atoms with Gasteiger partial charge in [-0.15, -0.1) is 0 Å². The number of benzene rings is 1. The first-order valence-electron chi connectivity index (χ1n) is 9.77. The highest BCUT2D eigenvalue weighted by Crippen LogP contribution is 2.37. The van der Waals surface area contributed by atoms with Gasteiger partial charge in [-0.1, -0.05) is 19.4 Å². The Morgan fingerprint density at radius 2 is 1.93 bits per heavy atom. The fourth-order valence-electron chi connectivity index (χ4n) is 3.92. The number of rotatable bonds is 6. The van der Waals surface area contributed by atoms with Crippen LogP contribution in [0.25, 0.3) is 11.3 Å². The second-order valence-corrected chi connectivity index (χ2v) is 7.44. The molecule has 2 unspecified atom stereocenters. The van der Waals surface area contributed by atoms with Gasteiger partial charge in [0.15, 0.2) is 0 Å². The molecule has 2 atom stereocenters. The largest absolute Gasteiger partial charge is 0.496 e. The van der Waals surface area contributed by atoms with Crippen molar-refractivity contribution in [1.82, 2.24) is 9.88 Å². The molecule has 0 bridgehead atoms. The van der Waals surface area contributed by atoms with E-state index in [2.05, 4.69) is 29.8 Å². The van der Waals surface area contributed by atoms with Crippen molar-refractivity contribution in [3.8, 4) is 22.8 Å². The lowest BCUT2D eigenvalue weighted by Crippen LogP contribution is -2.41. The number of aromatic nitrogens is 1. The Morgan fingerprint density at radius 3 is 2.59 bits per heavy atom. The van der Waals surface area contributed by atoms with Crippen LogP contribution in [-0.2, 0) is 6.54 Å². The van der Waals surface area contributed by atoms with Crippen LogP contribution in [-0.4, -0.2) is 36.7 Å². The van der Waals surface area contributed by atoms with Crippen molar-refractivity contribution < 1.29 is 9.47 Å². The lowest BCUT2D eigenvalue weighted by Gasteiger charge is -2.38. The van der Waals surface area contributed by atoms with Gasteiger partial charge < -0.3 is 15.2 Å². The minimum Gasteiger partial charge on any atom is -0.496 e. The van der Waals surface area contributed by atoms with Crippen molar-refractivity contribution in [3.63, 3.8) is 0 Å². The molecular formula is C22H31N3O2. The summed E-state index contributed by atoms with van der Waals surface area (Å²) in [4.78, 5) is 7.00. The molecule has 1 fully saturated rings. The van der Waals surface area contributed by atoms with Crippen LogP contribution in [0.15, 0.2) is 30.3 Å². The van der Waals surface area contributed by atoms with E-state index in [1.54, 1.807) is 20.3 Å². The normalized spacial score (nSPS) is 20.4. The highest BCUT2D eigenvalue weighted by Gasteiger charge is 2.26. The van der Waals surface area contributed by atoms with Gasteiger partial charge in [0.2, 0.25) is 0 Å². The van der Waals surface area contributed by atoms with Gasteiger partial charge in [0.25, 0.3) is 0 Å². The van der Waals surface area contributed by atoms with E-state index in [9.17, 15) is 0 Å². The zero-order chi connectivity index (χ0) is 19.4. The van der Waals surface area contributed by atoms with Gasteiger partial charge >= 0.3 is 0 Å². The Hall–Kier alpha value is -2.27. The molecule has 1 aromatic carbocycles. The molecule has 2 heterocycles. The van der Waals surface area contributed by atoms with Gasteiger partial charge in [0, 0.05) is 30.3 Å². The fourth-order valence-corrected chi connectivity index (χ4v) is 3.92. The maximum Gasteiger partial charge on any atom is 0.128 e. The third-order valence-electron chi connectivity index (χ3n) is 5.71. The monoisotopic (exact) mass is 369 g/mol. The molecule has 0 amide bonds. The molecule has 2 aromatic rings. The van der Waals surface area contributed by atoms with E-state index in [1.165, 1.54) is 19.3 Å².